The van der Waals surface area contributed by atoms with Crippen molar-refractivity contribution in [2.24, 2.45) is 5.73 Å². The van der Waals surface area contributed by atoms with E-state index in [1.54, 1.807) is 6.33 Å². The summed E-state index contributed by atoms with van der Waals surface area (Å²) in [6.07, 6.45) is 3.09. The minimum absolute atomic E-state index is 0.0530. The van der Waals surface area contributed by atoms with Gasteiger partial charge in [0.2, 0.25) is 0 Å². The number of para-hydroxylation sites is 1. The molecule has 3 aromatic rings. The van der Waals surface area contributed by atoms with E-state index < -0.39 is 0 Å². The van der Waals surface area contributed by atoms with E-state index in [2.05, 4.69) is 25.3 Å². The van der Waals surface area contributed by atoms with Gasteiger partial charge in [-0.2, -0.15) is 0 Å². The maximum atomic E-state index is 5.97. The molecule has 0 spiro atoms. The van der Waals surface area contributed by atoms with Crippen LogP contribution in [0.5, 0.6) is 0 Å². The van der Waals surface area contributed by atoms with Crippen LogP contribution in [0.3, 0.4) is 0 Å². The van der Waals surface area contributed by atoms with Gasteiger partial charge < -0.3 is 16.0 Å². The summed E-state index contributed by atoms with van der Waals surface area (Å²) >= 11 is 0. The lowest BCUT2D eigenvalue weighted by molar-refractivity contribution is 0.820. The second-order valence-corrected chi connectivity index (χ2v) is 4.32. The maximum absolute atomic E-state index is 5.97. The Balaban J connectivity index is 2.04. The molecule has 2 aromatic heterocycles. The molecule has 96 valence electrons. The number of fused-ring (bicyclic) bond motifs is 1. The summed E-state index contributed by atoms with van der Waals surface area (Å²) in [4.78, 5) is 15.5. The Kier molecular flexibility index (Phi) is 2.85. The average Bonchev–Trinajstić information content (AvgIpc) is 2.88. The van der Waals surface area contributed by atoms with Gasteiger partial charge in [0, 0.05) is 11.7 Å². The summed E-state index contributed by atoms with van der Waals surface area (Å²) in [5, 5.41) is 3.28. The number of nitrogens with zero attached hydrogens (tertiary/aromatic N) is 3. The number of nitrogens with one attached hydrogen (secondary N) is 2. The molecule has 0 radical (unpaired) electrons. The van der Waals surface area contributed by atoms with Crippen molar-refractivity contribution in [2.45, 2.75) is 13.0 Å². The number of aromatic nitrogens is 4. The minimum Gasteiger partial charge on any atom is -0.340 e. The van der Waals surface area contributed by atoms with Crippen molar-refractivity contribution < 1.29 is 0 Å². The van der Waals surface area contributed by atoms with Crippen LogP contribution >= 0.6 is 0 Å². The zero-order valence-electron chi connectivity index (χ0n) is 10.5. The summed E-state index contributed by atoms with van der Waals surface area (Å²) < 4.78 is 0. The Morgan fingerprint density at radius 2 is 2.05 bits per heavy atom. The summed E-state index contributed by atoms with van der Waals surface area (Å²) in [5.41, 5.74) is 9.36. The number of hydrogen-bond acceptors (Lipinski definition) is 5. The monoisotopic (exact) mass is 254 g/mol. The van der Waals surface area contributed by atoms with E-state index in [4.69, 9.17) is 5.73 Å². The molecule has 0 saturated heterocycles. The van der Waals surface area contributed by atoms with E-state index >= 15 is 0 Å². The zero-order chi connectivity index (χ0) is 13.2. The van der Waals surface area contributed by atoms with Crippen LogP contribution in [0.2, 0.25) is 0 Å². The van der Waals surface area contributed by atoms with Crippen LogP contribution in [0, 0.1) is 0 Å². The van der Waals surface area contributed by atoms with E-state index in [9.17, 15) is 0 Å². The van der Waals surface area contributed by atoms with Crippen LogP contribution in [0.25, 0.3) is 11.2 Å². The van der Waals surface area contributed by atoms with E-state index in [1.165, 1.54) is 6.33 Å². The number of H-pyrrole nitrogens is 1. The summed E-state index contributed by atoms with van der Waals surface area (Å²) in [6.45, 7) is 1.95. The molecule has 4 N–H and O–H groups in total. The van der Waals surface area contributed by atoms with Crippen LogP contribution in [0.1, 0.15) is 18.5 Å². The molecule has 0 amide bonds. The average molecular weight is 254 g/mol. The first-order valence-corrected chi connectivity index (χ1v) is 6.01. The Bertz CT molecular complexity index is 703. The third-order valence-electron chi connectivity index (χ3n) is 2.93. The Morgan fingerprint density at radius 1 is 1.21 bits per heavy atom. The highest BCUT2D eigenvalue weighted by molar-refractivity contribution is 5.84. The molecule has 1 unspecified atom stereocenters. The number of imidazole rings is 1. The van der Waals surface area contributed by atoms with Crippen LogP contribution in [-0.4, -0.2) is 19.9 Å². The van der Waals surface area contributed by atoms with E-state index in [1.807, 2.05) is 31.2 Å². The van der Waals surface area contributed by atoms with Crippen molar-refractivity contribution in [3.05, 3.63) is 42.5 Å². The number of hydrogen-bond donors (Lipinski definition) is 3. The summed E-state index contributed by atoms with van der Waals surface area (Å²) in [7, 11) is 0. The first kappa shape index (κ1) is 11.6. The fourth-order valence-corrected chi connectivity index (χ4v) is 2.00. The second-order valence-electron chi connectivity index (χ2n) is 4.32. The third kappa shape index (κ3) is 2.13. The fraction of sp³-hybridized carbons (Fsp3) is 0.154. The van der Waals surface area contributed by atoms with Crippen molar-refractivity contribution >= 4 is 22.7 Å². The molecule has 0 saturated carbocycles. The first-order valence-electron chi connectivity index (χ1n) is 6.01. The first-order chi connectivity index (χ1) is 9.25. The predicted octanol–water partition coefficient (Wildman–Crippen LogP) is 2.12. The van der Waals surface area contributed by atoms with Gasteiger partial charge in [0.15, 0.2) is 11.5 Å². The highest BCUT2D eigenvalue weighted by Gasteiger charge is 2.10. The van der Waals surface area contributed by atoms with E-state index in [0.29, 0.717) is 11.5 Å². The van der Waals surface area contributed by atoms with Crippen LogP contribution in [-0.2, 0) is 0 Å². The van der Waals surface area contributed by atoms with Gasteiger partial charge in [0.1, 0.15) is 11.8 Å². The molecule has 0 aliphatic rings. The predicted molar refractivity (Wildman–Crippen MR) is 74.0 cm³/mol. The van der Waals surface area contributed by atoms with E-state index in [-0.39, 0.29) is 6.04 Å². The lowest BCUT2D eigenvalue weighted by Crippen LogP contribution is -2.08. The molecule has 0 bridgehead atoms. The lowest BCUT2D eigenvalue weighted by Gasteiger charge is -2.14. The van der Waals surface area contributed by atoms with Gasteiger partial charge in [-0.25, -0.2) is 15.0 Å². The SMILES string of the molecule is CC(N)c1ccccc1Nc1ncnc2nc[nH]c12. The second kappa shape index (κ2) is 4.66. The Hall–Kier alpha value is -2.47. The minimum atomic E-state index is -0.0530. The Morgan fingerprint density at radius 3 is 2.89 bits per heavy atom. The van der Waals surface area contributed by atoms with Gasteiger partial charge in [0.25, 0.3) is 0 Å². The molecule has 1 aromatic carbocycles. The molecule has 6 heteroatoms. The molecule has 19 heavy (non-hydrogen) atoms. The van der Waals surface area contributed by atoms with Gasteiger partial charge in [0.05, 0.1) is 6.33 Å². The highest BCUT2D eigenvalue weighted by Crippen LogP contribution is 2.26. The number of aromatic amines is 1. The standard InChI is InChI=1S/C13H14N6/c1-8(14)9-4-2-3-5-10(9)19-13-11-12(16-6-15-11)17-7-18-13/h2-8H,14H2,1H3,(H2,15,16,17,18,19). The molecule has 0 aliphatic heterocycles. The summed E-state index contributed by atoms with van der Waals surface area (Å²) in [5.74, 6) is 0.690. The van der Waals surface area contributed by atoms with Gasteiger partial charge in [-0.05, 0) is 18.6 Å². The van der Waals surface area contributed by atoms with Gasteiger partial charge in [-0.3, -0.25) is 0 Å². The molecule has 6 nitrogen and oxygen atoms in total. The molecule has 1 atom stereocenters. The normalized spacial score (nSPS) is 12.5. The molecular formula is C13H14N6. The molecule has 2 heterocycles. The smallest absolute Gasteiger partial charge is 0.182 e. The highest BCUT2D eigenvalue weighted by atomic mass is 15.1. The zero-order valence-corrected chi connectivity index (χ0v) is 10.5. The lowest BCUT2D eigenvalue weighted by atomic mass is 10.1. The van der Waals surface area contributed by atoms with Crippen molar-refractivity contribution in [2.75, 3.05) is 5.32 Å². The van der Waals surface area contributed by atoms with Crippen molar-refractivity contribution in [3.63, 3.8) is 0 Å². The number of nitrogens with two attached hydrogens (primary N) is 1. The molecule has 0 aliphatic carbocycles. The number of benzene rings is 1. The summed E-state index contributed by atoms with van der Waals surface area (Å²) in [6, 6.07) is 7.85. The van der Waals surface area contributed by atoms with E-state index in [0.717, 1.165) is 16.8 Å². The van der Waals surface area contributed by atoms with Crippen molar-refractivity contribution in [1.82, 2.24) is 19.9 Å². The third-order valence-corrected chi connectivity index (χ3v) is 2.93. The van der Waals surface area contributed by atoms with Crippen molar-refractivity contribution in [1.29, 1.82) is 0 Å². The number of rotatable bonds is 3. The topological polar surface area (TPSA) is 92.5 Å². The molecule has 3 rings (SSSR count). The largest absolute Gasteiger partial charge is 0.340 e. The molecular weight excluding hydrogens is 240 g/mol. The van der Waals surface area contributed by atoms with Gasteiger partial charge in [-0.1, -0.05) is 18.2 Å². The van der Waals surface area contributed by atoms with Crippen molar-refractivity contribution in [3.8, 4) is 0 Å². The quantitative estimate of drug-likeness (QED) is 0.665. The Labute approximate surface area is 110 Å². The van der Waals surface area contributed by atoms with Gasteiger partial charge in [-0.15, -0.1) is 0 Å². The molecule has 0 fully saturated rings. The fourth-order valence-electron chi connectivity index (χ4n) is 2.00. The van der Waals surface area contributed by atoms with Gasteiger partial charge >= 0.3 is 0 Å². The van der Waals surface area contributed by atoms with Crippen LogP contribution in [0.4, 0.5) is 11.5 Å². The number of anilines is 2. The maximum Gasteiger partial charge on any atom is 0.182 e. The van der Waals surface area contributed by atoms with Crippen LogP contribution in [0.15, 0.2) is 36.9 Å². The van der Waals surface area contributed by atoms with Crippen LogP contribution < -0.4 is 11.1 Å².